The van der Waals surface area contributed by atoms with Gasteiger partial charge in [-0.2, -0.15) is 0 Å². The van der Waals surface area contributed by atoms with Gasteiger partial charge in [-0.1, -0.05) is 0 Å². The van der Waals surface area contributed by atoms with Crippen molar-refractivity contribution in [1.29, 1.82) is 0 Å². The number of likely N-dealkylation sites (N-methyl/N-ethyl adjacent to an activating group) is 2. The average molecular weight is 255 g/mol. The van der Waals surface area contributed by atoms with Gasteiger partial charge in [0.25, 0.3) is 0 Å². The Hall–Kier alpha value is -0.650. The van der Waals surface area contributed by atoms with Crippen LogP contribution in [0.1, 0.15) is 12.8 Å². The molecule has 2 rings (SSSR count). The molecule has 2 fully saturated rings. The van der Waals surface area contributed by atoms with E-state index in [1.807, 2.05) is 11.9 Å². The molecule has 0 radical (unpaired) electrons. The van der Waals surface area contributed by atoms with E-state index in [4.69, 9.17) is 0 Å². The normalized spacial score (nSPS) is 29.4. The second kappa shape index (κ2) is 5.99. The van der Waals surface area contributed by atoms with E-state index in [1.165, 1.54) is 0 Å². The molecule has 0 bridgehead atoms. The minimum absolute atomic E-state index is 0.100. The maximum Gasteiger partial charge on any atom is 0.236 e. The van der Waals surface area contributed by atoms with Crippen molar-refractivity contribution in [2.24, 2.45) is 5.92 Å². The van der Waals surface area contributed by atoms with Crippen molar-refractivity contribution in [2.45, 2.75) is 18.9 Å². The molecule has 1 heterocycles. The fourth-order valence-corrected chi connectivity index (χ4v) is 2.74. The van der Waals surface area contributed by atoms with Gasteiger partial charge in [0.1, 0.15) is 0 Å². The third kappa shape index (κ3) is 3.67. The highest BCUT2D eigenvalue weighted by Crippen LogP contribution is 2.27. The van der Waals surface area contributed by atoms with Crippen molar-refractivity contribution in [1.82, 2.24) is 14.7 Å². The number of hydrogen-bond acceptors (Lipinski definition) is 4. The number of amides is 1. The lowest BCUT2D eigenvalue weighted by Gasteiger charge is -2.36. The Morgan fingerprint density at radius 3 is 2.44 bits per heavy atom. The van der Waals surface area contributed by atoms with Crippen LogP contribution in [0, 0.1) is 5.92 Å². The van der Waals surface area contributed by atoms with Crippen LogP contribution in [0.5, 0.6) is 0 Å². The number of aliphatic hydroxyl groups is 1. The summed E-state index contributed by atoms with van der Waals surface area (Å²) in [4.78, 5) is 18.4. The number of carbonyl (C=O) groups is 1. The second-order valence-corrected chi connectivity index (χ2v) is 5.87. The lowest BCUT2D eigenvalue weighted by atomic mass is 9.82. The van der Waals surface area contributed by atoms with Gasteiger partial charge in [0.05, 0.1) is 12.6 Å². The highest BCUT2D eigenvalue weighted by atomic mass is 16.3. The summed E-state index contributed by atoms with van der Waals surface area (Å²) < 4.78 is 0. The van der Waals surface area contributed by atoms with Gasteiger partial charge in [0.2, 0.25) is 5.91 Å². The molecule has 0 unspecified atom stereocenters. The van der Waals surface area contributed by atoms with Crippen LogP contribution in [0.3, 0.4) is 0 Å². The minimum atomic E-state index is -0.100. The Balaban J connectivity index is 1.67. The molecule has 104 valence electrons. The number of nitrogens with zero attached hydrogens (tertiary/aromatic N) is 3. The van der Waals surface area contributed by atoms with E-state index in [9.17, 15) is 9.90 Å². The molecule has 1 saturated heterocycles. The van der Waals surface area contributed by atoms with Gasteiger partial charge in [0.15, 0.2) is 0 Å². The third-order valence-electron chi connectivity index (χ3n) is 4.04. The minimum Gasteiger partial charge on any atom is -0.393 e. The molecule has 5 nitrogen and oxygen atoms in total. The Kier molecular flexibility index (Phi) is 4.59. The van der Waals surface area contributed by atoms with Crippen LogP contribution in [0.25, 0.3) is 0 Å². The lowest BCUT2D eigenvalue weighted by molar-refractivity contribution is -0.134. The molecule has 18 heavy (non-hydrogen) atoms. The fourth-order valence-electron chi connectivity index (χ4n) is 2.74. The molecule has 1 aliphatic heterocycles. The van der Waals surface area contributed by atoms with Gasteiger partial charge in [-0.25, -0.2) is 0 Å². The highest BCUT2D eigenvalue weighted by molar-refractivity contribution is 5.78. The summed E-state index contributed by atoms with van der Waals surface area (Å²) >= 11 is 0. The summed E-state index contributed by atoms with van der Waals surface area (Å²) in [6.07, 6.45) is 1.69. The molecule has 0 aromatic rings. The molecule has 0 aromatic heterocycles. The van der Waals surface area contributed by atoms with Crippen LogP contribution in [0.2, 0.25) is 0 Å². The maximum atomic E-state index is 12.1. The monoisotopic (exact) mass is 255 g/mol. The summed E-state index contributed by atoms with van der Waals surface area (Å²) in [5.74, 6) is 0.816. The molecule has 1 aliphatic carbocycles. The number of piperazine rings is 1. The van der Waals surface area contributed by atoms with E-state index in [-0.39, 0.29) is 12.0 Å². The standard InChI is InChI=1S/C13H25N3O2/c1-14-3-5-16(6-4-14)13(18)10-15(2)9-11-7-12(17)8-11/h11-12,17H,3-10H2,1-2H3. The summed E-state index contributed by atoms with van der Waals surface area (Å²) in [7, 11) is 4.09. The predicted molar refractivity (Wildman–Crippen MR) is 70.3 cm³/mol. The Morgan fingerprint density at radius 1 is 1.28 bits per heavy atom. The van der Waals surface area contributed by atoms with Crippen molar-refractivity contribution in [3.8, 4) is 0 Å². The first-order valence-corrected chi connectivity index (χ1v) is 6.87. The quantitative estimate of drug-likeness (QED) is 0.733. The molecule has 0 aromatic carbocycles. The van der Waals surface area contributed by atoms with Crippen molar-refractivity contribution in [3.63, 3.8) is 0 Å². The molecule has 0 spiro atoms. The number of aliphatic hydroxyl groups excluding tert-OH is 1. The van der Waals surface area contributed by atoms with Crippen LogP contribution in [-0.2, 0) is 4.79 Å². The van der Waals surface area contributed by atoms with Crippen molar-refractivity contribution in [2.75, 3.05) is 53.4 Å². The van der Waals surface area contributed by atoms with Crippen LogP contribution < -0.4 is 0 Å². The van der Waals surface area contributed by atoms with Crippen LogP contribution in [0.15, 0.2) is 0 Å². The molecular formula is C13H25N3O2. The molecule has 1 amide bonds. The van der Waals surface area contributed by atoms with E-state index < -0.39 is 0 Å². The van der Waals surface area contributed by atoms with Crippen molar-refractivity contribution in [3.05, 3.63) is 0 Å². The summed E-state index contributed by atoms with van der Waals surface area (Å²) in [6, 6.07) is 0. The molecular weight excluding hydrogens is 230 g/mol. The number of carbonyl (C=O) groups excluding carboxylic acids is 1. The van der Waals surface area contributed by atoms with E-state index in [0.717, 1.165) is 45.6 Å². The Bertz CT molecular complexity index is 284. The average Bonchev–Trinajstić information content (AvgIpc) is 2.27. The Labute approximate surface area is 109 Å². The fraction of sp³-hybridized carbons (Fsp3) is 0.923. The van der Waals surface area contributed by atoms with Gasteiger partial charge in [0, 0.05) is 32.7 Å². The molecule has 2 aliphatic rings. The topological polar surface area (TPSA) is 47.0 Å². The molecule has 5 heteroatoms. The summed E-state index contributed by atoms with van der Waals surface area (Å²) in [5, 5.41) is 9.24. The van der Waals surface area contributed by atoms with Crippen molar-refractivity contribution >= 4 is 5.91 Å². The summed E-state index contributed by atoms with van der Waals surface area (Å²) in [5.41, 5.74) is 0. The Morgan fingerprint density at radius 2 is 1.89 bits per heavy atom. The lowest BCUT2D eigenvalue weighted by Crippen LogP contribution is -2.50. The van der Waals surface area contributed by atoms with E-state index in [0.29, 0.717) is 12.5 Å². The maximum absolute atomic E-state index is 12.1. The molecule has 0 atom stereocenters. The van der Waals surface area contributed by atoms with Crippen LogP contribution >= 0.6 is 0 Å². The summed E-state index contributed by atoms with van der Waals surface area (Å²) in [6.45, 7) is 5.10. The zero-order chi connectivity index (χ0) is 13.1. The van der Waals surface area contributed by atoms with Gasteiger partial charge >= 0.3 is 0 Å². The second-order valence-electron chi connectivity index (χ2n) is 5.87. The van der Waals surface area contributed by atoms with Crippen LogP contribution in [-0.4, -0.2) is 85.2 Å². The highest BCUT2D eigenvalue weighted by Gasteiger charge is 2.28. The largest absolute Gasteiger partial charge is 0.393 e. The van der Waals surface area contributed by atoms with Gasteiger partial charge < -0.3 is 14.9 Å². The number of rotatable bonds is 4. The van der Waals surface area contributed by atoms with E-state index in [2.05, 4.69) is 16.8 Å². The molecule has 1 N–H and O–H groups in total. The van der Waals surface area contributed by atoms with Gasteiger partial charge in [-0.3, -0.25) is 9.69 Å². The SMILES string of the molecule is CN1CCN(C(=O)CN(C)CC2CC(O)C2)CC1. The van der Waals surface area contributed by atoms with Gasteiger partial charge in [-0.15, -0.1) is 0 Å². The molecule has 1 saturated carbocycles. The van der Waals surface area contributed by atoms with Crippen molar-refractivity contribution < 1.29 is 9.90 Å². The van der Waals surface area contributed by atoms with E-state index >= 15 is 0 Å². The van der Waals surface area contributed by atoms with E-state index in [1.54, 1.807) is 0 Å². The predicted octanol–water partition coefficient (Wildman–Crippen LogP) is -0.537. The zero-order valence-electron chi connectivity index (χ0n) is 11.5. The first kappa shape index (κ1) is 13.8. The third-order valence-corrected chi connectivity index (χ3v) is 4.04. The smallest absolute Gasteiger partial charge is 0.236 e. The zero-order valence-corrected chi connectivity index (χ0v) is 11.5. The first-order valence-electron chi connectivity index (χ1n) is 6.87. The van der Waals surface area contributed by atoms with Gasteiger partial charge in [-0.05, 0) is 32.9 Å². The first-order chi connectivity index (χ1) is 8.54. The van der Waals surface area contributed by atoms with Crippen LogP contribution in [0.4, 0.5) is 0 Å². The number of hydrogen-bond donors (Lipinski definition) is 1.